The van der Waals surface area contributed by atoms with Crippen LogP contribution >= 0.6 is 0 Å². The van der Waals surface area contributed by atoms with E-state index < -0.39 is 0 Å². The molecule has 3 rings (SSSR count). The first-order valence-corrected chi connectivity index (χ1v) is 8.08. The van der Waals surface area contributed by atoms with Crippen LogP contribution in [0.4, 0.5) is 0 Å². The highest BCUT2D eigenvalue weighted by atomic mass is 16.5. The van der Waals surface area contributed by atoms with Crippen molar-refractivity contribution < 1.29 is 4.74 Å². The molecule has 1 heterocycles. The van der Waals surface area contributed by atoms with Crippen LogP contribution in [0, 0.1) is 11.3 Å². The molecule has 0 bridgehead atoms. The van der Waals surface area contributed by atoms with Crippen LogP contribution in [0.2, 0.25) is 0 Å². The van der Waals surface area contributed by atoms with Crippen LogP contribution in [-0.4, -0.2) is 49.3 Å². The Kier molecular flexibility index (Phi) is 3.65. The van der Waals surface area contributed by atoms with Gasteiger partial charge in [0.1, 0.15) is 0 Å². The molecule has 2 aliphatic carbocycles. The summed E-state index contributed by atoms with van der Waals surface area (Å²) in [7, 11) is 2.28. The van der Waals surface area contributed by atoms with E-state index in [0.717, 1.165) is 25.1 Å². The van der Waals surface area contributed by atoms with E-state index in [9.17, 15) is 0 Å². The van der Waals surface area contributed by atoms with Gasteiger partial charge >= 0.3 is 0 Å². The molecule has 0 aromatic carbocycles. The van der Waals surface area contributed by atoms with Crippen LogP contribution in [0.25, 0.3) is 0 Å². The maximum absolute atomic E-state index is 5.97. The van der Waals surface area contributed by atoms with Crippen molar-refractivity contribution >= 4 is 0 Å². The Morgan fingerprint density at radius 1 is 1.32 bits per heavy atom. The second kappa shape index (κ2) is 5.01. The highest BCUT2D eigenvalue weighted by Gasteiger charge is 2.57. The third kappa shape index (κ3) is 2.45. The summed E-state index contributed by atoms with van der Waals surface area (Å²) in [4.78, 5) is 2.55. The lowest BCUT2D eigenvalue weighted by Gasteiger charge is -2.60. The van der Waals surface area contributed by atoms with Crippen LogP contribution in [-0.2, 0) is 4.74 Å². The van der Waals surface area contributed by atoms with Crippen molar-refractivity contribution in [1.29, 1.82) is 0 Å². The summed E-state index contributed by atoms with van der Waals surface area (Å²) in [5, 5.41) is 3.85. The lowest BCUT2D eigenvalue weighted by Crippen LogP contribution is -2.70. The molecule has 110 valence electrons. The van der Waals surface area contributed by atoms with Gasteiger partial charge in [-0.15, -0.1) is 0 Å². The zero-order chi connectivity index (χ0) is 13.6. The standard InChI is InChI=1S/C16H30N2O/c1-11(18(4)12-7-8-12)10-17-14-13-6-5-9-19-15(13)16(14,2)3/h11-15,17H,5-10H2,1-4H3. The van der Waals surface area contributed by atoms with E-state index in [1.165, 1.54) is 25.7 Å². The van der Waals surface area contributed by atoms with Crippen molar-refractivity contribution in [2.24, 2.45) is 11.3 Å². The van der Waals surface area contributed by atoms with Gasteiger partial charge in [-0.2, -0.15) is 0 Å². The quantitative estimate of drug-likeness (QED) is 0.826. The molecule has 1 N–H and O–H groups in total. The summed E-state index contributed by atoms with van der Waals surface area (Å²) in [6.07, 6.45) is 5.88. The third-order valence-corrected chi connectivity index (χ3v) is 5.78. The van der Waals surface area contributed by atoms with E-state index in [-0.39, 0.29) is 0 Å². The zero-order valence-corrected chi connectivity index (χ0v) is 13.0. The molecule has 0 aromatic heterocycles. The van der Waals surface area contributed by atoms with Gasteiger partial charge in [-0.1, -0.05) is 13.8 Å². The van der Waals surface area contributed by atoms with Gasteiger partial charge in [-0.05, 0) is 39.7 Å². The number of hydrogen-bond donors (Lipinski definition) is 1. The summed E-state index contributed by atoms with van der Waals surface area (Å²) in [5.74, 6) is 0.752. The molecule has 3 aliphatic rings. The third-order valence-electron chi connectivity index (χ3n) is 5.78. The van der Waals surface area contributed by atoms with E-state index in [2.05, 4.69) is 38.0 Å². The molecule has 3 fully saturated rings. The number of fused-ring (bicyclic) bond motifs is 1. The number of nitrogens with one attached hydrogen (secondary N) is 1. The zero-order valence-electron chi connectivity index (χ0n) is 13.0. The number of hydrogen-bond acceptors (Lipinski definition) is 3. The molecular weight excluding hydrogens is 236 g/mol. The SMILES string of the molecule is CC(CNC1C2CCCOC2C1(C)C)N(C)C1CC1. The fraction of sp³-hybridized carbons (Fsp3) is 1.00. The van der Waals surface area contributed by atoms with Gasteiger partial charge in [0.05, 0.1) is 6.10 Å². The lowest BCUT2D eigenvalue weighted by atomic mass is 9.55. The van der Waals surface area contributed by atoms with Gasteiger partial charge in [0, 0.05) is 42.6 Å². The fourth-order valence-corrected chi connectivity index (χ4v) is 4.22. The summed E-state index contributed by atoms with van der Waals surface area (Å²) in [6, 6.07) is 2.15. The van der Waals surface area contributed by atoms with Crippen LogP contribution in [0.3, 0.4) is 0 Å². The predicted molar refractivity (Wildman–Crippen MR) is 78.3 cm³/mol. The molecule has 1 saturated heterocycles. The van der Waals surface area contributed by atoms with E-state index in [1.807, 2.05) is 0 Å². The molecule has 19 heavy (non-hydrogen) atoms. The van der Waals surface area contributed by atoms with Crippen LogP contribution in [0.5, 0.6) is 0 Å². The van der Waals surface area contributed by atoms with Crippen LogP contribution in [0.15, 0.2) is 0 Å². The van der Waals surface area contributed by atoms with Crippen molar-refractivity contribution in [2.75, 3.05) is 20.2 Å². The Morgan fingerprint density at radius 2 is 2.05 bits per heavy atom. The molecule has 0 aromatic rings. The Bertz CT molecular complexity index is 327. The second-order valence-electron chi connectivity index (χ2n) is 7.55. The molecule has 4 atom stereocenters. The minimum Gasteiger partial charge on any atom is -0.377 e. The summed E-state index contributed by atoms with van der Waals surface area (Å²) in [5.41, 5.74) is 0.308. The molecule has 2 saturated carbocycles. The van der Waals surface area contributed by atoms with E-state index in [0.29, 0.717) is 23.6 Å². The fourth-order valence-electron chi connectivity index (χ4n) is 4.22. The molecule has 1 aliphatic heterocycles. The first kappa shape index (κ1) is 13.8. The number of ether oxygens (including phenoxy) is 1. The molecule has 3 heteroatoms. The first-order chi connectivity index (χ1) is 9.01. The normalized spacial score (nSPS) is 38.7. The Hall–Kier alpha value is -0.120. The van der Waals surface area contributed by atoms with E-state index in [1.54, 1.807) is 0 Å². The maximum atomic E-state index is 5.97. The van der Waals surface area contributed by atoms with Gasteiger partial charge in [-0.25, -0.2) is 0 Å². The first-order valence-electron chi connectivity index (χ1n) is 8.08. The van der Waals surface area contributed by atoms with Gasteiger partial charge in [0.15, 0.2) is 0 Å². The Morgan fingerprint density at radius 3 is 2.74 bits per heavy atom. The Balaban J connectivity index is 1.51. The smallest absolute Gasteiger partial charge is 0.0684 e. The summed E-state index contributed by atoms with van der Waals surface area (Å²) < 4.78 is 5.97. The van der Waals surface area contributed by atoms with Crippen molar-refractivity contribution in [3.05, 3.63) is 0 Å². The molecular formula is C16H30N2O. The number of nitrogens with zero attached hydrogens (tertiary/aromatic N) is 1. The highest BCUT2D eigenvalue weighted by molar-refractivity contribution is 5.10. The minimum atomic E-state index is 0.308. The average molecular weight is 266 g/mol. The van der Waals surface area contributed by atoms with E-state index in [4.69, 9.17) is 4.74 Å². The van der Waals surface area contributed by atoms with Crippen LogP contribution in [0.1, 0.15) is 46.5 Å². The van der Waals surface area contributed by atoms with E-state index >= 15 is 0 Å². The second-order valence-corrected chi connectivity index (χ2v) is 7.55. The monoisotopic (exact) mass is 266 g/mol. The van der Waals surface area contributed by atoms with Gasteiger partial charge in [0.25, 0.3) is 0 Å². The van der Waals surface area contributed by atoms with Gasteiger partial charge < -0.3 is 10.1 Å². The molecule has 0 radical (unpaired) electrons. The molecule has 0 spiro atoms. The van der Waals surface area contributed by atoms with Crippen molar-refractivity contribution in [1.82, 2.24) is 10.2 Å². The van der Waals surface area contributed by atoms with Crippen molar-refractivity contribution in [3.63, 3.8) is 0 Å². The average Bonchev–Trinajstić information content (AvgIpc) is 3.22. The molecule has 0 amide bonds. The van der Waals surface area contributed by atoms with Crippen LogP contribution < -0.4 is 5.32 Å². The largest absolute Gasteiger partial charge is 0.377 e. The predicted octanol–water partition coefficient (Wildman–Crippen LogP) is 2.26. The summed E-state index contributed by atoms with van der Waals surface area (Å²) in [6.45, 7) is 9.17. The minimum absolute atomic E-state index is 0.308. The maximum Gasteiger partial charge on any atom is 0.0684 e. The van der Waals surface area contributed by atoms with Crippen molar-refractivity contribution in [2.45, 2.75) is 70.7 Å². The highest BCUT2D eigenvalue weighted by Crippen LogP contribution is 2.51. The molecule has 3 nitrogen and oxygen atoms in total. The number of rotatable bonds is 5. The lowest BCUT2D eigenvalue weighted by molar-refractivity contribution is -0.192. The topological polar surface area (TPSA) is 24.5 Å². The van der Waals surface area contributed by atoms with Gasteiger partial charge in [-0.3, -0.25) is 4.90 Å². The Labute approximate surface area is 118 Å². The molecule has 4 unspecified atom stereocenters. The van der Waals surface area contributed by atoms with Gasteiger partial charge in [0.2, 0.25) is 0 Å². The van der Waals surface area contributed by atoms with Crippen molar-refractivity contribution in [3.8, 4) is 0 Å². The summed E-state index contributed by atoms with van der Waals surface area (Å²) >= 11 is 0. The number of likely N-dealkylation sites (N-methyl/N-ethyl adjacent to an activating group) is 1.